The first-order valence-corrected chi connectivity index (χ1v) is 10.2. The normalized spacial score (nSPS) is 11.0. The van der Waals surface area contributed by atoms with Crippen LogP contribution in [0.2, 0.25) is 0 Å². The number of aliphatic hydroxyl groups is 4. The fourth-order valence-corrected chi connectivity index (χ4v) is 1.45. The van der Waals surface area contributed by atoms with Gasteiger partial charge < -0.3 is 54.3 Å². The van der Waals surface area contributed by atoms with Crippen molar-refractivity contribution >= 4 is 11.9 Å². The van der Waals surface area contributed by atoms with Crippen LogP contribution in [0.3, 0.4) is 0 Å². The number of rotatable bonds is 20. The molecule has 0 heterocycles. The molecule has 0 spiro atoms. The van der Waals surface area contributed by atoms with E-state index in [0.29, 0.717) is 59.5 Å². The molecule has 0 aliphatic carbocycles. The van der Waals surface area contributed by atoms with Crippen molar-refractivity contribution in [1.29, 1.82) is 0 Å². The second-order valence-corrected chi connectivity index (χ2v) is 5.68. The summed E-state index contributed by atoms with van der Waals surface area (Å²) in [6, 6.07) is 0. The van der Waals surface area contributed by atoms with Gasteiger partial charge in [0.15, 0.2) is 6.10 Å². The van der Waals surface area contributed by atoms with Gasteiger partial charge >= 0.3 is 11.9 Å². The summed E-state index contributed by atoms with van der Waals surface area (Å²) in [6.07, 6.45) is -1.50. The molecule has 0 saturated carbocycles. The van der Waals surface area contributed by atoms with Gasteiger partial charge in [-0.25, -0.2) is 4.79 Å². The lowest BCUT2D eigenvalue weighted by atomic mass is 10.3. The highest BCUT2D eigenvalue weighted by Gasteiger charge is 2.16. The predicted octanol–water partition coefficient (Wildman–Crippen LogP) is -1.65. The summed E-state index contributed by atoms with van der Waals surface area (Å²) < 4.78 is 25.1. The SMILES string of the molecule is CCCOCCOCCOCCO.O=C(O)CC(O)C(=O)O.OCCOCCOCCO. The topological polar surface area (TPSA) is 202 Å². The Morgan fingerprint density at radius 2 is 0.938 bits per heavy atom. The van der Waals surface area contributed by atoms with Crippen molar-refractivity contribution in [2.24, 2.45) is 0 Å². The van der Waals surface area contributed by atoms with Crippen LogP contribution in [0, 0.1) is 0 Å². The lowest BCUT2D eigenvalue weighted by Gasteiger charge is -2.05. The maximum absolute atomic E-state index is 9.72. The molecule has 0 bridgehead atoms. The summed E-state index contributed by atoms with van der Waals surface area (Å²) in [7, 11) is 0. The molecule has 1 atom stereocenters. The molecule has 13 heteroatoms. The predicted molar refractivity (Wildman–Crippen MR) is 112 cm³/mol. The Hall–Kier alpha value is -1.42. The second-order valence-electron chi connectivity index (χ2n) is 5.68. The van der Waals surface area contributed by atoms with Crippen LogP contribution in [0.25, 0.3) is 0 Å². The summed E-state index contributed by atoms with van der Waals surface area (Å²) in [6.45, 7) is 7.41. The first-order valence-electron chi connectivity index (χ1n) is 10.2. The van der Waals surface area contributed by atoms with E-state index >= 15 is 0 Å². The van der Waals surface area contributed by atoms with Crippen LogP contribution in [0.15, 0.2) is 0 Å². The smallest absolute Gasteiger partial charge is 0.333 e. The Morgan fingerprint density at radius 3 is 1.16 bits per heavy atom. The van der Waals surface area contributed by atoms with E-state index in [-0.39, 0.29) is 19.8 Å². The Bertz CT molecular complexity index is 364. The van der Waals surface area contributed by atoms with Crippen molar-refractivity contribution in [1.82, 2.24) is 0 Å². The molecular weight excluding hydrogens is 436 g/mol. The molecule has 194 valence electrons. The summed E-state index contributed by atoms with van der Waals surface area (Å²) in [4.78, 5) is 19.4. The molecule has 0 aromatic rings. The Labute approximate surface area is 188 Å². The number of carboxylic acids is 2. The van der Waals surface area contributed by atoms with Gasteiger partial charge in [-0.1, -0.05) is 6.92 Å². The third-order valence-corrected chi connectivity index (χ3v) is 2.82. The molecule has 0 aliphatic rings. The Morgan fingerprint density at radius 1 is 0.625 bits per heavy atom. The molecule has 13 nitrogen and oxygen atoms in total. The van der Waals surface area contributed by atoms with E-state index in [9.17, 15) is 9.59 Å². The zero-order chi connectivity index (χ0) is 24.9. The molecule has 0 aromatic carbocycles. The average Bonchev–Trinajstić information content (AvgIpc) is 2.75. The van der Waals surface area contributed by atoms with Crippen LogP contribution in [0.5, 0.6) is 0 Å². The van der Waals surface area contributed by atoms with E-state index in [2.05, 4.69) is 6.92 Å². The lowest BCUT2D eigenvalue weighted by Crippen LogP contribution is -2.22. The minimum Gasteiger partial charge on any atom is -0.481 e. The zero-order valence-corrected chi connectivity index (χ0v) is 18.7. The summed E-state index contributed by atoms with van der Waals surface area (Å²) in [5, 5.41) is 49.0. The summed E-state index contributed by atoms with van der Waals surface area (Å²) in [5.74, 6) is -2.85. The zero-order valence-electron chi connectivity index (χ0n) is 18.7. The number of aliphatic carboxylic acids is 2. The van der Waals surface area contributed by atoms with E-state index in [1.165, 1.54) is 0 Å². The van der Waals surface area contributed by atoms with Crippen LogP contribution in [-0.4, -0.2) is 135 Å². The standard InChI is InChI=1S/C9H20O4.C6H14O4.C4H6O5/c1-2-4-11-6-8-13-9-7-12-5-3-10;7-1-3-9-5-6-10-4-2-8;5-2(4(8)9)1-3(6)7/h10H,2-9H2,1H3;7-8H,1-6H2;2,5H,1H2,(H,6,7)(H,8,9). The van der Waals surface area contributed by atoms with Gasteiger partial charge in [0.05, 0.1) is 85.7 Å². The maximum Gasteiger partial charge on any atom is 0.333 e. The van der Waals surface area contributed by atoms with Gasteiger partial charge in [-0.05, 0) is 6.42 Å². The van der Waals surface area contributed by atoms with Crippen molar-refractivity contribution in [3.63, 3.8) is 0 Å². The minimum atomic E-state index is -1.79. The van der Waals surface area contributed by atoms with Gasteiger partial charge in [0.2, 0.25) is 0 Å². The van der Waals surface area contributed by atoms with Crippen molar-refractivity contribution in [2.75, 3.05) is 85.9 Å². The van der Waals surface area contributed by atoms with Gasteiger partial charge in [-0.15, -0.1) is 0 Å². The van der Waals surface area contributed by atoms with Gasteiger partial charge in [0, 0.05) is 6.61 Å². The van der Waals surface area contributed by atoms with Gasteiger partial charge in [-0.3, -0.25) is 4.79 Å². The van der Waals surface area contributed by atoms with E-state index in [0.717, 1.165) is 13.0 Å². The highest BCUT2D eigenvalue weighted by Crippen LogP contribution is 1.89. The van der Waals surface area contributed by atoms with Gasteiger partial charge in [0.1, 0.15) is 0 Å². The van der Waals surface area contributed by atoms with Crippen LogP contribution < -0.4 is 0 Å². The summed E-state index contributed by atoms with van der Waals surface area (Å²) in [5.41, 5.74) is 0. The highest BCUT2D eigenvalue weighted by molar-refractivity contribution is 5.79. The van der Waals surface area contributed by atoms with Crippen LogP contribution in [0.4, 0.5) is 0 Å². The molecule has 6 N–H and O–H groups in total. The molecule has 0 saturated heterocycles. The molecule has 1 unspecified atom stereocenters. The maximum atomic E-state index is 9.72. The molecule has 32 heavy (non-hydrogen) atoms. The van der Waals surface area contributed by atoms with Crippen LogP contribution in [0.1, 0.15) is 19.8 Å². The van der Waals surface area contributed by atoms with Gasteiger partial charge in [-0.2, -0.15) is 0 Å². The highest BCUT2D eigenvalue weighted by atomic mass is 16.5. The number of ether oxygens (including phenoxy) is 5. The minimum absolute atomic E-state index is 0.0417. The van der Waals surface area contributed by atoms with Crippen molar-refractivity contribution < 1.29 is 63.9 Å². The van der Waals surface area contributed by atoms with E-state index in [4.69, 9.17) is 54.3 Å². The molecule has 0 aliphatic heterocycles. The number of carbonyl (C=O) groups is 2. The van der Waals surface area contributed by atoms with Crippen LogP contribution in [-0.2, 0) is 33.3 Å². The van der Waals surface area contributed by atoms with Crippen molar-refractivity contribution in [3.8, 4) is 0 Å². The number of hydrogen-bond donors (Lipinski definition) is 6. The van der Waals surface area contributed by atoms with Crippen molar-refractivity contribution in [2.45, 2.75) is 25.9 Å². The molecule has 0 amide bonds. The number of hydrogen-bond acceptors (Lipinski definition) is 11. The van der Waals surface area contributed by atoms with E-state index in [1.54, 1.807) is 0 Å². The van der Waals surface area contributed by atoms with Gasteiger partial charge in [0.25, 0.3) is 0 Å². The number of carboxylic acid groups (broad SMARTS) is 2. The molecule has 0 radical (unpaired) electrons. The van der Waals surface area contributed by atoms with E-state index < -0.39 is 24.5 Å². The third kappa shape index (κ3) is 39.1. The number of aliphatic hydroxyl groups excluding tert-OH is 4. The summed E-state index contributed by atoms with van der Waals surface area (Å²) >= 11 is 0. The van der Waals surface area contributed by atoms with Crippen LogP contribution >= 0.6 is 0 Å². The van der Waals surface area contributed by atoms with E-state index in [1.807, 2.05) is 0 Å². The Kier molecular flexibility index (Phi) is 34.9. The quantitative estimate of drug-likeness (QED) is 0.109. The molecular formula is C19H40O13. The average molecular weight is 477 g/mol. The third-order valence-electron chi connectivity index (χ3n) is 2.82. The lowest BCUT2D eigenvalue weighted by molar-refractivity contribution is -0.152. The fraction of sp³-hybridized carbons (Fsp3) is 0.895. The largest absolute Gasteiger partial charge is 0.481 e. The molecule has 0 aromatic heterocycles. The molecule has 0 rings (SSSR count). The first kappa shape index (κ1) is 35.2. The Balaban J connectivity index is -0.000000403. The fourth-order valence-electron chi connectivity index (χ4n) is 1.45. The molecule has 0 fully saturated rings. The van der Waals surface area contributed by atoms with Crippen molar-refractivity contribution in [3.05, 3.63) is 0 Å². The second kappa shape index (κ2) is 31.8. The first-order chi connectivity index (χ1) is 15.4. The monoisotopic (exact) mass is 476 g/mol.